The van der Waals surface area contributed by atoms with Crippen LogP contribution in [0.3, 0.4) is 0 Å². The van der Waals surface area contributed by atoms with Gasteiger partial charge in [0.05, 0.1) is 0 Å². The third-order valence-corrected chi connectivity index (χ3v) is 3.54. The Morgan fingerprint density at radius 2 is 1.05 bits per heavy atom. The average molecular weight is 273 g/mol. The number of hydrogen-bond acceptors (Lipinski definition) is 1. The second-order valence-corrected chi connectivity index (χ2v) is 5.20. The van der Waals surface area contributed by atoms with Crippen molar-refractivity contribution in [3.8, 4) is 0 Å². The van der Waals surface area contributed by atoms with Gasteiger partial charge in [-0.1, -0.05) is 72.8 Å². The lowest BCUT2D eigenvalue weighted by Gasteiger charge is -2.08. The Morgan fingerprint density at radius 1 is 0.524 bits per heavy atom. The standard InChI is InChI=1S/C20H19N/c1-3-7-17(8-4-1)15-18-11-13-20(14-12-18)21-16-19-9-5-2-6-10-19/h1-14,21H,15-16H2. The van der Waals surface area contributed by atoms with Crippen LogP contribution in [0.1, 0.15) is 16.7 Å². The normalized spacial score (nSPS) is 10.3. The zero-order valence-electron chi connectivity index (χ0n) is 12.0. The van der Waals surface area contributed by atoms with E-state index in [9.17, 15) is 0 Å². The maximum Gasteiger partial charge on any atom is 0.0400 e. The fraction of sp³-hybridized carbons (Fsp3) is 0.100. The van der Waals surface area contributed by atoms with Gasteiger partial charge in [-0.3, -0.25) is 0 Å². The molecule has 0 unspecified atom stereocenters. The summed E-state index contributed by atoms with van der Waals surface area (Å²) in [5.74, 6) is 0. The molecule has 3 aromatic carbocycles. The van der Waals surface area contributed by atoms with Crippen LogP contribution in [0.25, 0.3) is 0 Å². The van der Waals surface area contributed by atoms with Crippen molar-refractivity contribution in [3.63, 3.8) is 0 Å². The van der Waals surface area contributed by atoms with E-state index >= 15 is 0 Å². The number of benzene rings is 3. The molecule has 0 radical (unpaired) electrons. The van der Waals surface area contributed by atoms with E-state index in [-0.39, 0.29) is 0 Å². The van der Waals surface area contributed by atoms with E-state index in [0.717, 1.165) is 18.7 Å². The minimum atomic E-state index is 0.860. The molecule has 3 rings (SSSR count). The van der Waals surface area contributed by atoms with Crippen LogP contribution in [0.4, 0.5) is 5.69 Å². The van der Waals surface area contributed by atoms with Crippen LogP contribution in [0, 0.1) is 0 Å². The third kappa shape index (κ3) is 3.96. The molecule has 0 aliphatic rings. The summed E-state index contributed by atoms with van der Waals surface area (Å²) < 4.78 is 0. The molecule has 0 spiro atoms. The largest absolute Gasteiger partial charge is 0.381 e. The molecule has 0 saturated carbocycles. The minimum Gasteiger partial charge on any atom is -0.381 e. The van der Waals surface area contributed by atoms with Crippen LogP contribution < -0.4 is 5.32 Å². The van der Waals surface area contributed by atoms with Crippen molar-refractivity contribution >= 4 is 5.69 Å². The molecular weight excluding hydrogens is 254 g/mol. The maximum atomic E-state index is 3.45. The smallest absolute Gasteiger partial charge is 0.0400 e. The molecule has 0 fully saturated rings. The first-order valence-electron chi connectivity index (χ1n) is 7.31. The predicted octanol–water partition coefficient (Wildman–Crippen LogP) is 4.89. The zero-order chi connectivity index (χ0) is 14.3. The van der Waals surface area contributed by atoms with Crippen LogP contribution >= 0.6 is 0 Å². The summed E-state index contributed by atoms with van der Waals surface area (Å²) in [5, 5.41) is 3.45. The van der Waals surface area contributed by atoms with Crippen LogP contribution in [0.5, 0.6) is 0 Å². The number of anilines is 1. The van der Waals surface area contributed by atoms with Gasteiger partial charge in [-0.15, -0.1) is 0 Å². The average Bonchev–Trinajstić information content (AvgIpc) is 2.56. The molecule has 0 aliphatic heterocycles. The molecule has 0 amide bonds. The van der Waals surface area contributed by atoms with Gasteiger partial charge in [-0.25, -0.2) is 0 Å². The highest BCUT2D eigenvalue weighted by molar-refractivity contribution is 5.45. The van der Waals surface area contributed by atoms with Crippen molar-refractivity contribution in [2.24, 2.45) is 0 Å². The summed E-state index contributed by atoms with van der Waals surface area (Å²) in [5.41, 5.74) is 5.15. The Kier molecular flexibility index (Phi) is 4.33. The SMILES string of the molecule is c1ccc(CNc2ccc(Cc3ccccc3)cc2)cc1. The van der Waals surface area contributed by atoms with Gasteiger partial charge in [0.1, 0.15) is 0 Å². The van der Waals surface area contributed by atoms with Gasteiger partial charge < -0.3 is 5.32 Å². The first kappa shape index (κ1) is 13.4. The van der Waals surface area contributed by atoms with Crippen molar-refractivity contribution in [2.45, 2.75) is 13.0 Å². The summed E-state index contributed by atoms with van der Waals surface area (Å²) in [6, 6.07) is 29.7. The Labute approximate surface area is 126 Å². The van der Waals surface area contributed by atoms with E-state index in [1.165, 1.54) is 16.7 Å². The second kappa shape index (κ2) is 6.76. The third-order valence-electron chi connectivity index (χ3n) is 3.54. The Hall–Kier alpha value is -2.54. The molecule has 0 bridgehead atoms. The molecule has 0 aliphatic carbocycles. The van der Waals surface area contributed by atoms with Crippen molar-refractivity contribution in [1.29, 1.82) is 0 Å². The lowest BCUT2D eigenvalue weighted by atomic mass is 10.0. The Morgan fingerprint density at radius 3 is 1.67 bits per heavy atom. The van der Waals surface area contributed by atoms with Crippen molar-refractivity contribution in [1.82, 2.24) is 0 Å². The molecule has 3 aromatic rings. The van der Waals surface area contributed by atoms with Gasteiger partial charge in [0.15, 0.2) is 0 Å². The topological polar surface area (TPSA) is 12.0 Å². The summed E-state index contributed by atoms with van der Waals surface area (Å²) in [6.07, 6.45) is 0.986. The molecule has 0 saturated heterocycles. The first-order chi connectivity index (χ1) is 10.4. The Bertz CT molecular complexity index is 657. The fourth-order valence-corrected chi connectivity index (χ4v) is 2.37. The van der Waals surface area contributed by atoms with Gasteiger partial charge in [0.2, 0.25) is 0 Å². The highest BCUT2D eigenvalue weighted by Crippen LogP contribution is 2.14. The van der Waals surface area contributed by atoms with Gasteiger partial charge in [0.25, 0.3) is 0 Å². The molecule has 1 N–H and O–H groups in total. The molecule has 0 aromatic heterocycles. The fourth-order valence-electron chi connectivity index (χ4n) is 2.37. The van der Waals surface area contributed by atoms with Gasteiger partial charge in [0, 0.05) is 12.2 Å². The lowest BCUT2D eigenvalue weighted by molar-refractivity contribution is 1.14. The van der Waals surface area contributed by atoms with Crippen LogP contribution in [-0.2, 0) is 13.0 Å². The van der Waals surface area contributed by atoms with Gasteiger partial charge in [-0.2, -0.15) is 0 Å². The number of hydrogen-bond donors (Lipinski definition) is 1. The summed E-state index contributed by atoms with van der Waals surface area (Å²) in [6.45, 7) is 0.860. The Balaban J connectivity index is 1.59. The molecule has 0 atom stereocenters. The van der Waals surface area contributed by atoms with Gasteiger partial charge in [-0.05, 0) is 35.2 Å². The van der Waals surface area contributed by atoms with Crippen molar-refractivity contribution in [2.75, 3.05) is 5.32 Å². The molecule has 1 heteroatoms. The molecule has 21 heavy (non-hydrogen) atoms. The summed E-state index contributed by atoms with van der Waals surface area (Å²) in [4.78, 5) is 0. The van der Waals surface area contributed by atoms with Crippen molar-refractivity contribution < 1.29 is 0 Å². The second-order valence-electron chi connectivity index (χ2n) is 5.20. The maximum absolute atomic E-state index is 3.45. The molecule has 104 valence electrons. The zero-order valence-corrected chi connectivity index (χ0v) is 12.0. The van der Waals surface area contributed by atoms with E-state index < -0.39 is 0 Å². The van der Waals surface area contributed by atoms with Crippen molar-refractivity contribution in [3.05, 3.63) is 102 Å². The highest BCUT2D eigenvalue weighted by atomic mass is 14.9. The summed E-state index contributed by atoms with van der Waals surface area (Å²) in [7, 11) is 0. The highest BCUT2D eigenvalue weighted by Gasteiger charge is 1.97. The summed E-state index contributed by atoms with van der Waals surface area (Å²) >= 11 is 0. The lowest BCUT2D eigenvalue weighted by Crippen LogP contribution is -1.99. The monoisotopic (exact) mass is 273 g/mol. The molecule has 1 nitrogen and oxygen atoms in total. The van der Waals surface area contributed by atoms with E-state index in [0.29, 0.717) is 0 Å². The minimum absolute atomic E-state index is 0.860. The van der Waals surface area contributed by atoms with Crippen LogP contribution in [0.2, 0.25) is 0 Å². The quantitative estimate of drug-likeness (QED) is 0.698. The predicted molar refractivity (Wildman–Crippen MR) is 89.5 cm³/mol. The van der Waals surface area contributed by atoms with E-state index in [1.807, 2.05) is 6.07 Å². The van der Waals surface area contributed by atoms with Gasteiger partial charge >= 0.3 is 0 Å². The van der Waals surface area contributed by atoms with E-state index in [1.54, 1.807) is 0 Å². The number of rotatable bonds is 5. The van der Waals surface area contributed by atoms with E-state index in [2.05, 4.69) is 84.2 Å². The first-order valence-corrected chi connectivity index (χ1v) is 7.31. The molecular formula is C20H19N. The van der Waals surface area contributed by atoms with Crippen LogP contribution in [0.15, 0.2) is 84.9 Å². The molecule has 0 heterocycles. The van der Waals surface area contributed by atoms with Crippen LogP contribution in [-0.4, -0.2) is 0 Å². The van der Waals surface area contributed by atoms with E-state index in [4.69, 9.17) is 0 Å². The number of nitrogens with one attached hydrogen (secondary N) is 1.